The van der Waals surface area contributed by atoms with Gasteiger partial charge in [0.1, 0.15) is 5.82 Å². The normalized spacial score (nSPS) is 12.4. The lowest BCUT2D eigenvalue weighted by atomic mass is 9.94. The zero-order chi connectivity index (χ0) is 15.4. The summed E-state index contributed by atoms with van der Waals surface area (Å²) in [5, 5.41) is 3.48. The molecule has 0 bridgehead atoms. The molecule has 0 aromatic heterocycles. The molecule has 0 saturated heterocycles. The summed E-state index contributed by atoms with van der Waals surface area (Å²) in [6.45, 7) is 9.13. The second-order valence-corrected chi connectivity index (χ2v) is 5.81. The van der Waals surface area contributed by atoms with Crippen LogP contribution in [0.1, 0.15) is 40.8 Å². The van der Waals surface area contributed by atoms with E-state index in [1.807, 2.05) is 6.92 Å². The van der Waals surface area contributed by atoms with Crippen molar-refractivity contribution >= 4 is 0 Å². The van der Waals surface area contributed by atoms with Gasteiger partial charge >= 0.3 is 0 Å². The van der Waals surface area contributed by atoms with Crippen LogP contribution in [0.4, 0.5) is 4.39 Å². The van der Waals surface area contributed by atoms with Gasteiger partial charge in [-0.1, -0.05) is 36.8 Å². The number of aryl methyl sites for hydroxylation is 3. The number of hydrogen-bond acceptors (Lipinski definition) is 1. The van der Waals surface area contributed by atoms with Gasteiger partial charge in [-0.05, 0) is 68.1 Å². The first kappa shape index (κ1) is 15.7. The summed E-state index contributed by atoms with van der Waals surface area (Å²) in [5.41, 5.74) is 5.87. The summed E-state index contributed by atoms with van der Waals surface area (Å²) in [4.78, 5) is 0. The molecule has 112 valence electrons. The highest BCUT2D eigenvalue weighted by Crippen LogP contribution is 2.23. The molecule has 0 radical (unpaired) electrons. The Labute approximate surface area is 127 Å². The second-order valence-electron chi connectivity index (χ2n) is 5.81. The van der Waals surface area contributed by atoms with E-state index in [1.165, 1.54) is 16.7 Å². The van der Waals surface area contributed by atoms with Gasteiger partial charge in [-0.2, -0.15) is 0 Å². The molecule has 1 atom stereocenters. The molecule has 2 aromatic rings. The highest BCUT2D eigenvalue weighted by Gasteiger charge is 2.14. The van der Waals surface area contributed by atoms with Gasteiger partial charge < -0.3 is 5.32 Å². The number of nitrogens with one attached hydrogen (secondary N) is 1. The zero-order valence-corrected chi connectivity index (χ0v) is 13.3. The fourth-order valence-corrected chi connectivity index (χ4v) is 2.76. The molecule has 0 aliphatic heterocycles. The maximum absolute atomic E-state index is 13.7. The average molecular weight is 285 g/mol. The van der Waals surface area contributed by atoms with Crippen molar-refractivity contribution in [3.05, 3.63) is 70.0 Å². The van der Waals surface area contributed by atoms with Crippen molar-refractivity contribution in [3.63, 3.8) is 0 Å². The molecule has 0 amide bonds. The highest BCUT2D eigenvalue weighted by molar-refractivity contribution is 5.34. The molecule has 0 aliphatic rings. The Kier molecular flexibility index (Phi) is 5.13. The number of rotatable bonds is 5. The smallest absolute Gasteiger partial charge is 0.123 e. The summed E-state index contributed by atoms with van der Waals surface area (Å²) in [6.07, 6.45) is 0.879. The molecule has 0 fully saturated rings. The van der Waals surface area contributed by atoms with E-state index in [4.69, 9.17) is 0 Å². The van der Waals surface area contributed by atoms with Crippen molar-refractivity contribution in [1.29, 1.82) is 0 Å². The van der Waals surface area contributed by atoms with Crippen molar-refractivity contribution in [2.24, 2.45) is 0 Å². The minimum atomic E-state index is -0.158. The fraction of sp³-hybridized carbons (Fsp3) is 0.368. The molecule has 2 rings (SSSR count). The van der Waals surface area contributed by atoms with Gasteiger partial charge in [0.05, 0.1) is 0 Å². The molecular formula is C19H24FN. The van der Waals surface area contributed by atoms with Gasteiger partial charge in [0.25, 0.3) is 0 Å². The van der Waals surface area contributed by atoms with E-state index in [0.29, 0.717) is 0 Å². The molecule has 0 aliphatic carbocycles. The zero-order valence-electron chi connectivity index (χ0n) is 13.3. The Morgan fingerprint density at radius 3 is 2.43 bits per heavy atom. The number of halogens is 1. The molecule has 2 aromatic carbocycles. The van der Waals surface area contributed by atoms with Crippen molar-refractivity contribution < 1.29 is 4.39 Å². The van der Waals surface area contributed by atoms with Gasteiger partial charge in [0.2, 0.25) is 0 Å². The van der Waals surface area contributed by atoms with Crippen LogP contribution in [0, 0.1) is 26.6 Å². The summed E-state index contributed by atoms with van der Waals surface area (Å²) in [7, 11) is 0. The summed E-state index contributed by atoms with van der Waals surface area (Å²) in [5.74, 6) is -0.158. The number of likely N-dealkylation sites (N-methyl/N-ethyl adjacent to an activating group) is 1. The van der Waals surface area contributed by atoms with Gasteiger partial charge in [-0.3, -0.25) is 0 Å². The second kappa shape index (κ2) is 6.86. The Balaban J connectivity index is 2.32. The SMILES string of the molecule is CCNC(Cc1cc(C)ccc1C)c1cc(C)cc(F)c1. The summed E-state index contributed by atoms with van der Waals surface area (Å²) >= 11 is 0. The topological polar surface area (TPSA) is 12.0 Å². The van der Waals surface area contributed by atoms with Crippen molar-refractivity contribution in [2.75, 3.05) is 6.54 Å². The van der Waals surface area contributed by atoms with E-state index in [1.54, 1.807) is 12.1 Å². The number of benzene rings is 2. The van der Waals surface area contributed by atoms with E-state index in [0.717, 1.165) is 24.1 Å². The first-order valence-corrected chi connectivity index (χ1v) is 7.56. The van der Waals surface area contributed by atoms with Crippen LogP contribution >= 0.6 is 0 Å². The van der Waals surface area contributed by atoms with Crippen LogP contribution in [-0.4, -0.2) is 6.54 Å². The maximum atomic E-state index is 13.7. The van der Waals surface area contributed by atoms with Crippen LogP contribution in [0.15, 0.2) is 36.4 Å². The molecule has 0 heterocycles. The standard InChI is InChI=1S/C19H24FN/c1-5-21-19(17-9-14(3)10-18(20)11-17)12-16-8-13(2)6-7-15(16)4/h6-11,19,21H,5,12H2,1-4H3. The lowest BCUT2D eigenvalue weighted by molar-refractivity contribution is 0.541. The van der Waals surface area contributed by atoms with Gasteiger partial charge in [-0.15, -0.1) is 0 Å². The summed E-state index contributed by atoms with van der Waals surface area (Å²) < 4.78 is 13.7. The molecule has 21 heavy (non-hydrogen) atoms. The van der Waals surface area contributed by atoms with E-state index in [2.05, 4.69) is 50.4 Å². The van der Waals surface area contributed by atoms with Gasteiger partial charge in [-0.25, -0.2) is 4.39 Å². The van der Waals surface area contributed by atoms with Crippen LogP contribution in [-0.2, 0) is 6.42 Å². The first-order chi connectivity index (χ1) is 9.99. The van der Waals surface area contributed by atoms with Crippen LogP contribution in [0.5, 0.6) is 0 Å². The quantitative estimate of drug-likeness (QED) is 0.843. The van der Waals surface area contributed by atoms with Crippen molar-refractivity contribution in [3.8, 4) is 0 Å². The molecule has 0 spiro atoms. The third kappa shape index (κ3) is 4.15. The molecule has 0 saturated carbocycles. The Hall–Kier alpha value is -1.67. The largest absolute Gasteiger partial charge is 0.310 e. The minimum absolute atomic E-state index is 0.143. The first-order valence-electron chi connectivity index (χ1n) is 7.56. The molecule has 2 heteroatoms. The highest BCUT2D eigenvalue weighted by atomic mass is 19.1. The van der Waals surface area contributed by atoms with Crippen LogP contribution < -0.4 is 5.32 Å². The van der Waals surface area contributed by atoms with E-state index in [9.17, 15) is 4.39 Å². The Bertz CT molecular complexity index is 599. The summed E-state index contributed by atoms with van der Waals surface area (Å²) in [6, 6.07) is 12.0. The predicted molar refractivity (Wildman–Crippen MR) is 87.2 cm³/mol. The fourth-order valence-electron chi connectivity index (χ4n) is 2.76. The molecular weight excluding hydrogens is 261 g/mol. The van der Waals surface area contributed by atoms with Crippen LogP contribution in [0.3, 0.4) is 0 Å². The third-order valence-corrected chi connectivity index (χ3v) is 3.85. The molecule has 1 nitrogen and oxygen atoms in total. The van der Waals surface area contributed by atoms with Gasteiger partial charge in [0.15, 0.2) is 0 Å². The Morgan fingerprint density at radius 1 is 1.00 bits per heavy atom. The Morgan fingerprint density at radius 2 is 1.76 bits per heavy atom. The van der Waals surface area contributed by atoms with Crippen molar-refractivity contribution in [1.82, 2.24) is 5.32 Å². The average Bonchev–Trinajstić information content (AvgIpc) is 2.41. The number of hydrogen-bond donors (Lipinski definition) is 1. The van der Waals surface area contributed by atoms with Gasteiger partial charge in [0, 0.05) is 6.04 Å². The molecule has 1 unspecified atom stereocenters. The van der Waals surface area contributed by atoms with E-state index >= 15 is 0 Å². The van der Waals surface area contributed by atoms with Crippen LogP contribution in [0.2, 0.25) is 0 Å². The maximum Gasteiger partial charge on any atom is 0.123 e. The van der Waals surface area contributed by atoms with Crippen molar-refractivity contribution in [2.45, 2.75) is 40.2 Å². The van der Waals surface area contributed by atoms with E-state index in [-0.39, 0.29) is 11.9 Å². The lowest BCUT2D eigenvalue weighted by Crippen LogP contribution is -2.23. The third-order valence-electron chi connectivity index (χ3n) is 3.85. The van der Waals surface area contributed by atoms with Crippen LogP contribution in [0.25, 0.3) is 0 Å². The monoisotopic (exact) mass is 285 g/mol. The predicted octanol–water partition coefficient (Wildman–Crippen LogP) is 4.64. The van der Waals surface area contributed by atoms with E-state index < -0.39 is 0 Å². The minimum Gasteiger partial charge on any atom is -0.310 e. The molecule has 1 N–H and O–H groups in total. The lowest BCUT2D eigenvalue weighted by Gasteiger charge is -2.20.